The maximum Gasteiger partial charge on any atom is 0.469 e. The summed E-state index contributed by atoms with van der Waals surface area (Å²) < 4.78 is 29.4. The molecule has 0 fully saturated rings. The smallest absolute Gasteiger partial charge is 0.465 e. The molecule has 0 saturated carbocycles. The molecule has 0 aromatic heterocycles. The zero-order valence-electron chi connectivity index (χ0n) is 15.6. The minimum absolute atomic E-state index is 0.0322. The van der Waals surface area contributed by atoms with Crippen LogP contribution < -0.4 is 0 Å². The lowest BCUT2D eigenvalue weighted by molar-refractivity contribution is -0.144. The van der Waals surface area contributed by atoms with Gasteiger partial charge in [0.2, 0.25) is 0 Å². The third-order valence-electron chi connectivity index (χ3n) is 3.59. The monoisotopic (exact) mass is 405 g/mol. The first-order chi connectivity index (χ1) is 12.6. The summed E-state index contributed by atoms with van der Waals surface area (Å²) in [4.78, 5) is 42.9. The van der Waals surface area contributed by atoms with E-state index in [4.69, 9.17) is 14.5 Å². The molecule has 11 heteroatoms. The highest BCUT2D eigenvalue weighted by atomic mass is 31.2. The number of esters is 2. The lowest BCUT2D eigenvalue weighted by Crippen LogP contribution is -2.28. The third kappa shape index (κ3) is 7.28. The first-order valence-corrected chi connectivity index (χ1v) is 9.46. The summed E-state index contributed by atoms with van der Waals surface area (Å²) >= 11 is 0. The van der Waals surface area contributed by atoms with Crippen molar-refractivity contribution in [3.05, 3.63) is 34.7 Å². The fraction of sp³-hybridized carbons (Fsp3) is 0.500. The highest BCUT2D eigenvalue weighted by Crippen LogP contribution is 2.35. The van der Waals surface area contributed by atoms with Gasteiger partial charge in [0.15, 0.2) is 5.57 Å². The van der Waals surface area contributed by atoms with Gasteiger partial charge in [0.1, 0.15) is 0 Å². The molecular weight excluding hydrogens is 381 g/mol. The second kappa shape index (κ2) is 10.4. The van der Waals surface area contributed by atoms with E-state index in [0.717, 1.165) is 11.4 Å². The van der Waals surface area contributed by atoms with Crippen LogP contribution in [0.3, 0.4) is 0 Å². The van der Waals surface area contributed by atoms with E-state index in [9.17, 15) is 14.2 Å². The summed E-state index contributed by atoms with van der Waals surface area (Å²) in [5.41, 5.74) is 1.73. The lowest BCUT2D eigenvalue weighted by Gasteiger charge is -2.30. The standard InChI is InChI=1S/C16H24NO9P/c1-11-9-13(14(15(18)23-3)16(19)24-4)10-12(2)17(11)5-6-25-7-8-26-27(20,21)22/h9-10H,5-8H2,1-4H3,(H2,20,21,22). The topological polar surface area (TPSA) is 132 Å². The van der Waals surface area contributed by atoms with E-state index in [-0.39, 0.29) is 25.4 Å². The molecule has 0 aromatic carbocycles. The summed E-state index contributed by atoms with van der Waals surface area (Å²) in [6.07, 6.45) is 3.32. The first-order valence-electron chi connectivity index (χ1n) is 7.93. The van der Waals surface area contributed by atoms with Gasteiger partial charge in [0.05, 0.1) is 34.0 Å². The Labute approximate surface area is 157 Å². The predicted molar refractivity (Wildman–Crippen MR) is 94.1 cm³/mol. The Morgan fingerprint density at radius 1 is 1.00 bits per heavy atom. The van der Waals surface area contributed by atoms with Crippen LogP contribution >= 0.6 is 7.82 Å². The second-order valence-electron chi connectivity index (χ2n) is 5.47. The van der Waals surface area contributed by atoms with Gasteiger partial charge in [-0.25, -0.2) is 14.2 Å². The van der Waals surface area contributed by atoms with Crippen molar-refractivity contribution in [2.24, 2.45) is 0 Å². The minimum Gasteiger partial charge on any atom is -0.465 e. The number of rotatable bonds is 9. The Kier molecular flexibility index (Phi) is 8.87. The summed E-state index contributed by atoms with van der Waals surface area (Å²) in [6.45, 7) is 4.16. The average molecular weight is 405 g/mol. The summed E-state index contributed by atoms with van der Waals surface area (Å²) in [5, 5.41) is 0. The molecule has 0 saturated heterocycles. The molecule has 1 heterocycles. The number of hydrogen-bond acceptors (Lipinski definition) is 8. The van der Waals surface area contributed by atoms with Crippen molar-refractivity contribution in [1.82, 2.24) is 4.90 Å². The molecule has 0 aliphatic carbocycles. The number of phosphoric acid groups is 1. The van der Waals surface area contributed by atoms with Gasteiger partial charge in [-0.2, -0.15) is 0 Å². The molecule has 0 amide bonds. The van der Waals surface area contributed by atoms with Crippen LogP contribution in [-0.4, -0.2) is 67.2 Å². The van der Waals surface area contributed by atoms with Crippen molar-refractivity contribution in [3.63, 3.8) is 0 Å². The molecule has 10 nitrogen and oxygen atoms in total. The van der Waals surface area contributed by atoms with Gasteiger partial charge in [-0.05, 0) is 31.6 Å². The molecule has 0 radical (unpaired) electrons. The normalized spacial score (nSPS) is 14.4. The fourth-order valence-corrected chi connectivity index (χ4v) is 2.73. The number of carbonyl (C=O) groups is 2. The van der Waals surface area contributed by atoms with Gasteiger partial charge in [-0.1, -0.05) is 0 Å². The molecular formula is C16H24NO9P. The molecule has 1 rings (SSSR count). The Bertz CT molecular complexity index is 665. The summed E-state index contributed by atoms with van der Waals surface area (Å²) in [7, 11) is -2.12. The van der Waals surface area contributed by atoms with E-state index >= 15 is 0 Å². The maximum absolute atomic E-state index is 11.9. The predicted octanol–water partition coefficient (Wildman–Crippen LogP) is 0.878. The number of nitrogens with zero attached hydrogens (tertiary/aromatic N) is 1. The quantitative estimate of drug-likeness (QED) is 0.142. The Morgan fingerprint density at radius 2 is 1.52 bits per heavy atom. The molecule has 1 aliphatic rings. The molecule has 0 unspecified atom stereocenters. The highest BCUT2D eigenvalue weighted by molar-refractivity contribution is 7.46. The molecule has 0 spiro atoms. The van der Waals surface area contributed by atoms with Crippen molar-refractivity contribution >= 4 is 19.8 Å². The number of allylic oxidation sites excluding steroid dienone is 5. The number of carbonyl (C=O) groups excluding carboxylic acids is 2. The summed E-state index contributed by atoms with van der Waals surface area (Å²) in [6, 6.07) is 0. The Hall–Kier alpha value is -1.97. The van der Waals surface area contributed by atoms with Crippen LogP contribution in [0.4, 0.5) is 0 Å². The lowest BCUT2D eigenvalue weighted by atomic mass is 10.0. The number of methoxy groups -OCH3 is 2. The maximum atomic E-state index is 11.9. The molecule has 0 aromatic rings. The summed E-state index contributed by atoms with van der Waals surface area (Å²) in [5.74, 6) is -1.57. The van der Waals surface area contributed by atoms with E-state index < -0.39 is 19.8 Å². The number of hydrogen-bond donors (Lipinski definition) is 2. The van der Waals surface area contributed by atoms with E-state index in [1.165, 1.54) is 14.2 Å². The number of phosphoric ester groups is 1. The Morgan fingerprint density at radius 3 is 1.96 bits per heavy atom. The fourth-order valence-electron chi connectivity index (χ4n) is 2.42. The van der Waals surface area contributed by atoms with E-state index in [1.807, 2.05) is 4.90 Å². The van der Waals surface area contributed by atoms with Crippen molar-refractivity contribution in [2.75, 3.05) is 40.6 Å². The van der Waals surface area contributed by atoms with E-state index in [0.29, 0.717) is 12.1 Å². The van der Waals surface area contributed by atoms with Gasteiger partial charge in [-0.3, -0.25) is 4.52 Å². The minimum atomic E-state index is -4.49. The Balaban J connectivity index is 2.76. The van der Waals surface area contributed by atoms with Gasteiger partial charge in [0.25, 0.3) is 0 Å². The molecule has 27 heavy (non-hydrogen) atoms. The largest absolute Gasteiger partial charge is 0.469 e. The third-order valence-corrected chi connectivity index (χ3v) is 4.11. The molecule has 152 valence electrons. The molecule has 1 aliphatic heterocycles. The molecule has 0 bridgehead atoms. The number of ether oxygens (including phenoxy) is 3. The zero-order chi connectivity index (χ0) is 20.6. The molecule has 2 N–H and O–H groups in total. The van der Waals surface area contributed by atoms with E-state index in [2.05, 4.69) is 14.0 Å². The molecule has 0 atom stereocenters. The van der Waals surface area contributed by atoms with Crippen molar-refractivity contribution in [3.8, 4) is 0 Å². The van der Waals surface area contributed by atoms with Crippen LogP contribution in [0.25, 0.3) is 0 Å². The van der Waals surface area contributed by atoms with Crippen LogP contribution in [0.5, 0.6) is 0 Å². The zero-order valence-corrected chi connectivity index (χ0v) is 16.5. The van der Waals surface area contributed by atoms with Gasteiger partial charge < -0.3 is 28.9 Å². The van der Waals surface area contributed by atoms with Gasteiger partial charge >= 0.3 is 19.8 Å². The van der Waals surface area contributed by atoms with Crippen molar-refractivity contribution < 1.29 is 42.7 Å². The van der Waals surface area contributed by atoms with Crippen LogP contribution in [0.1, 0.15) is 13.8 Å². The van der Waals surface area contributed by atoms with Crippen LogP contribution in [-0.2, 0) is 32.9 Å². The van der Waals surface area contributed by atoms with Crippen LogP contribution in [0.15, 0.2) is 34.7 Å². The van der Waals surface area contributed by atoms with Crippen LogP contribution in [0.2, 0.25) is 0 Å². The van der Waals surface area contributed by atoms with Gasteiger partial charge in [-0.15, -0.1) is 0 Å². The first kappa shape index (κ1) is 23.1. The van der Waals surface area contributed by atoms with E-state index in [1.54, 1.807) is 26.0 Å². The SMILES string of the molecule is COC(=O)C(C(=O)OC)=C1C=C(C)N(CCOCCOP(=O)(O)O)C(C)=C1. The second-order valence-corrected chi connectivity index (χ2v) is 6.71. The van der Waals surface area contributed by atoms with Gasteiger partial charge in [0, 0.05) is 17.9 Å². The average Bonchev–Trinajstić information content (AvgIpc) is 2.58. The highest BCUT2D eigenvalue weighted by Gasteiger charge is 2.26. The van der Waals surface area contributed by atoms with Crippen molar-refractivity contribution in [1.29, 1.82) is 0 Å². The van der Waals surface area contributed by atoms with Crippen molar-refractivity contribution in [2.45, 2.75) is 13.8 Å². The van der Waals surface area contributed by atoms with Crippen LogP contribution in [0, 0.1) is 0 Å².